The van der Waals surface area contributed by atoms with Crippen LogP contribution in [-0.4, -0.2) is 71.4 Å². The van der Waals surface area contributed by atoms with Crippen LogP contribution in [0.4, 0.5) is 10.5 Å². The number of carbonyl (C=O) groups excluding carboxylic acids is 4. The molecule has 37 heavy (non-hydrogen) atoms. The summed E-state index contributed by atoms with van der Waals surface area (Å²) in [6, 6.07) is 4.03. The summed E-state index contributed by atoms with van der Waals surface area (Å²) in [5.41, 5.74) is 5.41. The molecular weight excluding hydrogens is 482 g/mol. The number of urea groups is 1. The topological polar surface area (TPSA) is 192 Å². The molecule has 0 spiro atoms. The number of nitrogens with one attached hydrogen (secondary N) is 4. The number of rotatable bonds is 16. The molecule has 0 aliphatic carbocycles. The molecule has 0 aromatic heterocycles. The SMILES string of the molecule is CC(C)[C@H](NC(=O)CC(C)(C)OCCO)C(=O)N[C@@H](CCCNC(N)=O)C(=O)Nc1ccc(CO)cc1. The smallest absolute Gasteiger partial charge is 0.312 e. The second-order valence-electron chi connectivity index (χ2n) is 9.64. The second-order valence-corrected chi connectivity index (χ2v) is 9.64. The molecule has 12 nitrogen and oxygen atoms in total. The van der Waals surface area contributed by atoms with Crippen molar-refractivity contribution in [2.75, 3.05) is 25.1 Å². The minimum atomic E-state index is -0.956. The van der Waals surface area contributed by atoms with Crippen molar-refractivity contribution in [1.29, 1.82) is 0 Å². The molecule has 2 atom stereocenters. The predicted molar refractivity (Wildman–Crippen MR) is 138 cm³/mol. The zero-order valence-electron chi connectivity index (χ0n) is 22.0. The number of nitrogens with two attached hydrogens (primary N) is 1. The summed E-state index contributed by atoms with van der Waals surface area (Å²) >= 11 is 0. The van der Waals surface area contributed by atoms with E-state index in [1.165, 1.54) is 0 Å². The summed E-state index contributed by atoms with van der Waals surface area (Å²) in [6.07, 6.45) is 0.531. The van der Waals surface area contributed by atoms with E-state index < -0.39 is 41.4 Å². The van der Waals surface area contributed by atoms with Crippen LogP contribution in [0.25, 0.3) is 0 Å². The second kappa shape index (κ2) is 15.8. The lowest BCUT2D eigenvalue weighted by Crippen LogP contribution is -2.55. The van der Waals surface area contributed by atoms with Crippen LogP contribution < -0.4 is 27.0 Å². The highest BCUT2D eigenvalue weighted by Crippen LogP contribution is 2.15. The highest BCUT2D eigenvalue weighted by molar-refractivity contribution is 5.98. The zero-order chi connectivity index (χ0) is 28.0. The van der Waals surface area contributed by atoms with E-state index >= 15 is 0 Å². The summed E-state index contributed by atoms with van der Waals surface area (Å²) in [7, 11) is 0. The zero-order valence-corrected chi connectivity index (χ0v) is 22.0. The van der Waals surface area contributed by atoms with Crippen molar-refractivity contribution in [1.82, 2.24) is 16.0 Å². The Kier molecular flexibility index (Phi) is 13.6. The van der Waals surface area contributed by atoms with E-state index in [9.17, 15) is 24.3 Å². The fourth-order valence-electron chi connectivity index (χ4n) is 3.49. The summed E-state index contributed by atoms with van der Waals surface area (Å²) in [4.78, 5) is 49.8. The molecule has 0 unspecified atom stereocenters. The first-order valence-electron chi connectivity index (χ1n) is 12.3. The monoisotopic (exact) mass is 523 g/mol. The average Bonchev–Trinajstić information content (AvgIpc) is 2.82. The van der Waals surface area contributed by atoms with Gasteiger partial charge in [0, 0.05) is 12.2 Å². The Morgan fingerprint density at radius 1 is 1.03 bits per heavy atom. The predicted octanol–water partition coefficient (Wildman–Crippen LogP) is 0.369. The van der Waals surface area contributed by atoms with Gasteiger partial charge < -0.3 is 42.0 Å². The van der Waals surface area contributed by atoms with Crippen molar-refractivity contribution in [3.8, 4) is 0 Å². The first-order chi connectivity index (χ1) is 17.4. The Bertz CT molecular complexity index is 890. The van der Waals surface area contributed by atoms with Gasteiger partial charge in [-0.1, -0.05) is 26.0 Å². The number of primary amides is 1. The molecule has 1 aromatic carbocycles. The lowest BCUT2D eigenvalue weighted by Gasteiger charge is -2.28. The summed E-state index contributed by atoms with van der Waals surface area (Å²) < 4.78 is 5.47. The summed E-state index contributed by atoms with van der Waals surface area (Å²) in [6.45, 7) is 6.95. The third kappa shape index (κ3) is 12.5. The number of benzene rings is 1. The van der Waals surface area contributed by atoms with Crippen molar-refractivity contribution in [2.45, 2.75) is 71.2 Å². The van der Waals surface area contributed by atoms with E-state index in [1.807, 2.05) is 0 Å². The Hall–Kier alpha value is -3.22. The standard InChI is InChI=1S/C25H41N5O7/c1-16(2)21(30-20(33)14-25(3,4)37-13-12-31)23(35)29-19(6-5-11-27-24(26)36)22(34)28-18-9-7-17(15-32)8-10-18/h7-10,16,19,21,31-32H,5-6,11-15H2,1-4H3,(H,28,34)(H,29,35)(H,30,33)(H3,26,27,36)/t19-,21-/m0/s1. The lowest BCUT2D eigenvalue weighted by molar-refractivity contribution is -0.135. The van der Waals surface area contributed by atoms with Crippen molar-refractivity contribution < 1.29 is 34.1 Å². The normalized spacial score (nSPS) is 12.9. The number of anilines is 1. The van der Waals surface area contributed by atoms with E-state index in [-0.39, 0.29) is 45.1 Å². The van der Waals surface area contributed by atoms with Crippen molar-refractivity contribution >= 4 is 29.4 Å². The summed E-state index contributed by atoms with van der Waals surface area (Å²) in [5, 5.41) is 28.8. The van der Waals surface area contributed by atoms with Crippen LogP contribution in [-0.2, 0) is 25.7 Å². The number of hydrogen-bond acceptors (Lipinski definition) is 7. The molecule has 0 saturated heterocycles. The fraction of sp³-hybridized carbons (Fsp3) is 0.600. The number of ether oxygens (including phenoxy) is 1. The molecule has 0 aliphatic rings. The molecule has 0 heterocycles. The molecule has 0 fully saturated rings. The molecule has 8 N–H and O–H groups in total. The maximum Gasteiger partial charge on any atom is 0.312 e. The first kappa shape index (κ1) is 31.8. The van der Waals surface area contributed by atoms with Gasteiger partial charge in [-0.05, 0) is 50.3 Å². The molecule has 1 aromatic rings. The minimum absolute atomic E-state index is 0.0317. The van der Waals surface area contributed by atoms with Crippen LogP contribution in [0.15, 0.2) is 24.3 Å². The minimum Gasteiger partial charge on any atom is -0.394 e. The number of hydrogen-bond donors (Lipinski definition) is 7. The number of carbonyl (C=O) groups is 4. The molecule has 0 aliphatic heterocycles. The van der Waals surface area contributed by atoms with Crippen LogP contribution in [0.5, 0.6) is 0 Å². The van der Waals surface area contributed by atoms with Crippen molar-refractivity contribution in [3.05, 3.63) is 29.8 Å². The van der Waals surface area contributed by atoms with Gasteiger partial charge in [-0.25, -0.2) is 4.79 Å². The van der Waals surface area contributed by atoms with Gasteiger partial charge in [-0.3, -0.25) is 14.4 Å². The molecule has 5 amide bonds. The quantitative estimate of drug-likeness (QED) is 0.152. The number of amides is 5. The van der Waals surface area contributed by atoms with Crippen molar-refractivity contribution in [3.63, 3.8) is 0 Å². The van der Waals surface area contributed by atoms with Crippen molar-refractivity contribution in [2.24, 2.45) is 11.7 Å². The highest BCUT2D eigenvalue weighted by Gasteiger charge is 2.31. The van der Waals surface area contributed by atoms with Gasteiger partial charge >= 0.3 is 6.03 Å². The van der Waals surface area contributed by atoms with Gasteiger partial charge in [-0.15, -0.1) is 0 Å². The van der Waals surface area contributed by atoms with Gasteiger partial charge in [-0.2, -0.15) is 0 Å². The Morgan fingerprint density at radius 2 is 1.68 bits per heavy atom. The molecule has 12 heteroatoms. The van der Waals surface area contributed by atoms with Gasteiger partial charge in [0.2, 0.25) is 17.7 Å². The van der Waals surface area contributed by atoms with Crippen LogP contribution in [0.1, 0.15) is 52.5 Å². The van der Waals surface area contributed by atoms with E-state index in [0.717, 1.165) is 0 Å². The number of aliphatic hydroxyl groups is 2. The van der Waals surface area contributed by atoms with E-state index in [1.54, 1.807) is 52.0 Å². The largest absolute Gasteiger partial charge is 0.394 e. The van der Waals surface area contributed by atoms with Crippen LogP contribution in [0, 0.1) is 5.92 Å². The lowest BCUT2D eigenvalue weighted by atomic mass is 10.00. The van der Waals surface area contributed by atoms with E-state index in [4.69, 9.17) is 15.6 Å². The average molecular weight is 524 g/mol. The molecular formula is C25H41N5O7. The fourth-order valence-corrected chi connectivity index (χ4v) is 3.49. The Balaban J connectivity index is 2.92. The van der Waals surface area contributed by atoms with Gasteiger partial charge in [0.25, 0.3) is 0 Å². The molecule has 0 radical (unpaired) electrons. The third-order valence-corrected chi connectivity index (χ3v) is 5.44. The van der Waals surface area contributed by atoms with Crippen LogP contribution in [0.2, 0.25) is 0 Å². The maximum absolute atomic E-state index is 13.2. The van der Waals surface area contributed by atoms with Crippen LogP contribution >= 0.6 is 0 Å². The molecule has 1 rings (SSSR count). The van der Waals surface area contributed by atoms with E-state index in [0.29, 0.717) is 17.7 Å². The molecule has 0 bridgehead atoms. The maximum atomic E-state index is 13.2. The van der Waals surface area contributed by atoms with Gasteiger partial charge in [0.05, 0.1) is 31.8 Å². The van der Waals surface area contributed by atoms with Crippen LogP contribution in [0.3, 0.4) is 0 Å². The molecule has 0 saturated carbocycles. The Morgan fingerprint density at radius 3 is 2.22 bits per heavy atom. The van der Waals surface area contributed by atoms with E-state index in [2.05, 4.69) is 21.3 Å². The first-order valence-corrected chi connectivity index (χ1v) is 12.3. The van der Waals surface area contributed by atoms with Gasteiger partial charge in [0.15, 0.2) is 0 Å². The third-order valence-electron chi connectivity index (χ3n) is 5.44. The molecule has 208 valence electrons. The highest BCUT2D eigenvalue weighted by atomic mass is 16.5. The Labute approximate surface area is 217 Å². The summed E-state index contributed by atoms with van der Waals surface area (Å²) in [5.74, 6) is -1.70. The van der Waals surface area contributed by atoms with Gasteiger partial charge in [0.1, 0.15) is 12.1 Å². The number of aliphatic hydroxyl groups excluding tert-OH is 2.